The van der Waals surface area contributed by atoms with E-state index in [1.165, 1.54) is 24.3 Å². The van der Waals surface area contributed by atoms with E-state index in [1.54, 1.807) is 0 Å². The minimum absolute atomic E-state index is 0.0417. The average Bonchev–Trinajstić information content (AvgIpc) is 3.06. The third kappa shape index (κ3) is 4.00. The van der Waals surface area contributed by atoms with Crippen molar-refractivity contribution in [2.24, 2.45) is 0 Å². The summed E-state index contributed by atoms with van der Waals surface area (Å²) in [5, 5.41) is 0.0417. The van der Waals surface area contributed by atoms with Gasteiger partial charge in [-0.3, -0.25) is 0 Å². The smallest absolute Gasteiger partial charge is 0.406 e. The highest BCUT2D eigenvalue weighted by molar-refractivity contribution is 6.28. The fourth-order valence-electron chi connectivity index (χ4n) is 3.57. The summed E-state index contributed by atoms with van der Waals surface area (Å²) in [7, 11) is 0. The van der Waals surface area contributed by atoms with Gasteiger partial charge < -0.3 is 14.4 Å². The summed E-state index contributed by atoms with van der Waals surface area (Å²) >= 11 is 6.12. The first-order chi connectivity index (χ1) is 13.3. The quantitative estimate of drug-likeness (QED) is 0.552. The van der Waals surface area contributed by atoms with Crippen molar-refractivity contribution in [3.05, 3.63) is 46.4 Å². The first-order valence-corrected chi connectivity index (χ1v) is 9.07. The summed E-state index contributed by atoms with van der Waals surface area (Å²) in [5.74, 6) is -0.0794. The van der Waals surface area contributed by atoms with Gasteiger partial charge in [-0.2, -0.15) is 0 Å². The highest BCUT2D eigenvalue weighted by atomic mass is 35.5. The Morgan fingerprint density at radius 2 is 1.93 bits per heavy atom. The van der Waals surface area contributed by atoms with Crippen molar-refractivity contribution < 1.29 is 27.0 Å². The molecule has 1 aromatic heterocycles. The second-order valence-corrected chi connectivity index (χ2v) is 7.03. The molecule has 4 rings (SSSR count). The molecule has 0 saturated carbocycles. The molecule has 1 fully saturated rings. The van der Waals surface area contributed by atoms with Crippen molar-refractivity contribution >= 4 is 17.4 Å². The van der Waals surface area contributed by atoms with Crippen LogP contribution in [-0.2, 0) is 11.3 Å². The minimum Gasteiger partial charge on any atom is -0.406 e. The second-order valence-electron chi connectivity index (χ2n) is 6.70. The monoisotopic (exact) mass is 417 g/mol. The number of hydrogen-bond donors (Lipinski definition) is 0. The third-order valence-electron chi connectivity index (χ3n) is 4.80. The van der Waals surface area contributed by atoms with Crippen LogP contribution in [0.5, 0.6) is 5.75 Å². The van der Waals surface area contributed by atoms with Crippen LogP contribution in [0.15, 0.2) is 24.3 Å². The van der Waals surface area contributed by atoms with Gasteiger partial charge in [-0.05, 0) is 35.7 Å². The summed E-state index contributed by atoms with van der Waals surface area (Å²) in [5.41, 5.74) is 2.08. The van der Waals surface area contributed by atoms with E-state index in [0.29, 0.717) is 36.6 Å². The van der Waals surface area contributed by atoms with Gasteiger partial charge in [0.2, 0.25) is 5.28 Å². The Labute approximate surface area is 163 Å². The summed E-state index contributed by atoms with van der Waals surface area (Å²) in [4.78, 5) is 10.4. The molecule has 1 unspecified atom stereocenters. The molecule has 0 N–H and O–H groups in total. The Hall–Kier alpha value is -2.13. The molecule has 0 radical (unpaired) electrons. The zero-order valence-corrected chi connectivity index (χ0v) is 15.3. The van der Waals surface area contributed by atoms with E-state index < -0.39 is 12.5 Å². The molecule has 3 heterocycles. The maximum atomic E-state index is 13.6. The molecule has 10 heteroatoms. The highest BCUT2D eigenvalue weighted by Crippen LogP contribution is 2.37. The third-order valence-corrected chi connectivity index (χ3v) is 4.97. The number of aromatic nitrogens is 2. The maximum absolute atomic E-state index is 13.6. The van der Waals surface area contributed by atoms with Gasteiger partial charge in [0.05, 0.1) is 31.4 Å². The lowest BCUT2D eigenvalue weighted by molar-refractivity contribution is -0.274. The van der Waals surface area contributed by atoms with E-state index in [1.807, 2.05) is 4.90 Å². The fourth-order valence-corrected chi connectivity index (χ4v) is 3.74. The van der Waals surface area contributed by atoms with Gasteiger partial charge in [0.15, 0.2) is 0 Å². The first-order valence-electron chi connectivity index (χ1n) is 8.69. The SMILES string of the molecule is F[C@@H]1CCN(c2nc(Cl)nc3c2COCC3c2ccc(OC(F)(F)F)cc2)C1. The predicted octanol–water partition coefficient (Wildman–Crippen LogP) is 4.24. The zero-order valence-electron chi connectivity index (χ0n) is 14.5. The maximum Gasteiger partial charge on any atom is 0.573 e. The number of hydrogen-bond acceptors (Lipinski definition) is 5. The van der Waals surface area contributed by atoms with Crippen LogP contribution in [0.4, 0.5) is 23.4 Å². The zero-order chi connectivity index (χ0) is 19.9. The van der Waals surface area contributed by atoms with E-state index in [4.69, 9.17) is 16.3 Å². The first kappa shape index (κ1) is 19.2. The molecule has 0 bridgehead atoms. The van der Waals surface area contributed by atoms with Crippen molar-refractivity contribution in [3.8, 4) is 5.75 Å². The van der Waals surface area contributed by atoms with Gasteiger partial charge in [-0.25, -0.2) is 14.4 Å². The summed E-state index contributed by atoms with van der Waals surface area (Å²) in [6.07, 6.45) is -5.26. The predicted molar refractivity (Wildman–Crippen MR) is 93.4 cm³/mol. The molecular formula is C18H16ClF4N3O2. The number of nitrogens with zero attached hydrogens (tertiary/aromatic N) is 3. The van der Waals surface area contributed by atoms with Crippen LogP contribution < -0.4 is 9.64 Å². The van der Waals surface area contributed by atoms with Gasteiger partial charge in [-0.15, -0.1) is 13.2 Å². The van der Waals surface area contributed by atoms with Crippen LogP contribution in [0.2, 0.25) is 5.28 Å². The van der Waals surface area contributed by atoms with Crippen molar-refractivity contribution in [3.63, 3.8) is 0 Å². The minimum atomic E-state index is -4.75. The number of benzene rings is 1. The molecule has 2 aliphatic heterocycles. The lowest BCUT2D eigenvalue weighted by Crippen LogP contribution is -2.27. The molecule has 0 aliphatic carbocycles. The highest BCUT2D eigenvalue weighted by Gasteiger charge is 2.33. The van der Waals surface area contributed by atoms with Gasteiger partial charge in [0, 0.05) is 12.1 Å². The Morgan fingerprint density at radius 3 is 2.57 bits per heavy atom. The Morgan fingerprint density at radius 1 is 1.18 bits per heavy atom. The Balaban J connectivity index is 1.66. The number of halogens is 5. The number of rotatable bonds is 3. The molecule has 0 spiro atoms. The molecule has 0 amide bonds. The van der Waals surface area contributed by atoms with E-state index >= 15 is 0 Å². The molecule has 5 nitrogen and oxygen atoms in total. The van der Waals surface area contributed by atoms with Crippen molar-refractivity contribution in [2.75, 3.05) is 24.6 Å². The number of anilines is 1. The lowest BCUT2D eigenvalue weighted by Gasteiger charge is -2.29. The fraction of sp³-hybridized carbons (Fsp3) is 0.444. The van der Waals surface area contributed by atoms with Crippen LogP contribution in [0.1, 0.15) is 29.2 Å². The normalized spacial score (nSPS) is 22.2. The molecule has 150 valence electrons. The van der Waals surface area contributed by atoms with Crippen molar-refractivity contribution in [2.45, 2.75) is 31.5 Å². The summed E-state index contributed by atoms with van der Waals surface area (Å²) in [6, 6.07) is 5.56. The molecule has 2 aliphatic rings. The number of alkyl halides is 4. The van der Waals surface area contributed by atoms with Crippen molar-refractivity contribution in [1.82, 2.24) is 9.97 Å². The van der Waals surface area contributed by atoms with Crippen molar-refractivity contribution in [1.29, 1.82) is 0 Å². The van der Waals surface area contributed by atoms with E-state index in [9.17, 15) is 17.6 Å². The number of fused-ring (bicyclic) bond motifs is 1. The van der Waals surface area contributed by atoms with Gasteiger partial charge >= 0.3 is 6.36 Å². The Bertz CT molecular complexity index is 863. The molecule has 2 aromatic rings. The van der Waals surface area contributed by atoms with Crippen LogP contribution in [0, 0.1) is 0 Å². The van der Waals surface area contributed by atoms with Crippen LogP contribution >= 0.6 is 11.6 Å². The second kappa shape index (κ2) is 7.36. The van der Waals surface area contributed by atoms with Gasteiger partial charge in [0.1, 0.15) is 17.7 Å². The van der Waals surface area contributed by atoms with E-state index in [0.717, 1.165) is 5.56 Å². The van der Waals surface area contributed by atoms with E-state index in [2.05, 4.69) is 14.7 Å². The van der Waals surface area contributed by atoms with Crippen LogP contribution in [0.3, 0.4) is 0 Å². The molecular weight excluding hydrogens is 402 g/mol. The summed E-state index contributed by atoms with van der Waals surface area (Å²) in [6.45, 7) is 1.31. The van der Waals surface area contributed by atoms with E-state index in [-0.39, 0.29) is 30.1 Å². The topological polar surface area (TPSA) is 47.5 Å². The Kier molecular flexibility index (Phi) is 5.05. The standard InChI is InChI=1S/C18H16ClF4N3O2/c19-17-24-15-13(10-1-3-12(4-2-10)28-18(21,22)23)8-27-9-14(15)16(25-17)26-6-5-11(20)7-26/h1-4,11,13H,5-9H2/t11-,13?/m1/s1. The van der Waals surface area contributed by atoms with Crippen LogP contribution in [0.25, 0.3) is 0 Å². The lowest BCUT2D eigenvalue weighted by atomic mass is 9.91. The van der Waals surface area contributed by atoms with Gasteiger partial charge in [-0.1, -0.05) is 12.1 Å². The van der Waals surface area contributed by atoms with Crippen LogP contribution in [-0.4, -0.2) is 42.2 Å². The molecule has 1 aromatic carbocycles. The van der Waals surface area contributed by atoms with Gasteiger partial charge in [0.25, 0.3) is 0 Å². The molecule has 1 saturated heterocycles. The largest absolute Gasteiger partial charge is 0.573 e. The number of ether oxygens (including phenoxy) is 2. The molecule has 28 heavy (non-hydrogen) atoms. The average molecular weight is 418 g/mol. The molecule has 2 atom stereocenters. The summed E-state index contributed by atoms with van der Waals surface area (Å²) < 4.78 is 60.3.